The minimum Gasteiger partial charge on any atom is -0.465 e. The largest absolute Gasteiger partial charge is 0.465 e. The molecule has 0 saturated heterocycles. The molecule has 188 valence electrons. The number of carbonyl (C=O) groups excluding carboxylic acids is 3. The number of aromatic nitrogens is 1. The summed E-state index contributed by atoms with van der Waals surface area (Å²) in [7, 11) is 1.26. The number of nitrogens with one attached hydrogen (secondary N) is 1. The van der Waals surface area contributed by atoms with Crippen LogP contribution in [0.5, 0.6) is 0 Å². The summed E-state index contributed by atoms with van der Waals surface area (Å²) in [5.74, 6) is 2.28. The molecular formula is C27H28N2O5S2. The quantitative estimate of drug-likeness (QED) is 0.390. The van der Waals surface area contributed by atoms with E-state index >= 15 is 0 Å². The van der Waals surface area contributed by atoms with Crippen molar-refractivity contribution in [1.82, 2.24) is 4.98 Å². The third-order valence-corrected chi connectivity index (χ3v) is 9.45. The van der Waals surface area contributed by atoms with Crippen LogP contribution in [0.25, 0.3) is 0 Å². The molecule has 2 saturated carbocycles. The van der Waals surface area contributed by atoms with Crippen molar-refractivity contribution < 1.29 is 19.1 Å². The zero-order valence-electron chi connectivity index (χ0n) is 19.9. The van der Waals surface area contributed by atoms with Crippen molar-refractivity contribution in [2.24, 2.45) is 17.8 Å². The number of hydrogen-bond donors (Lipinski definition) is 1. The molecule has 2 aliphatic carbocycles. The molecule has 1 aliphatic heterocycles. The van der Waals surface area contributed by atoms with Crippen LogP contribution in [0.15, 0.2) is 70.5 Å². The molecular weight excluding hydrogens is 496 g/mol. The third kappa shape index (κ3) is 5.96. The van der Waals surface area contributed by atoms with Gasteiger partial charge in [0.15, 0.2) is 0 Å². The molecule has 3 aliphatic rings. The maximum Gasteiger partial charge on any atom is 0.337 e. The Bertz CT molecular complexity index is 1170. The number of nitrogens with zero attached hydrogens (tertiary/aromatic N) is 1. The van der Waals surface area contributed by atoms with Gasteiger partial charge in [0, 0.05) is 10.1 Å². The lowest BCUT2D eigenvalue weighted by Gasteiger charge is -2.33. The van der Waals surface area contributed by atoms with Crippen LogP contribution in [-0.4, -0.2) is 36.1 Å². The first-order chi connectivity index (χ1) is 17.5. The SMILES string of the molecule is COC(=O)c1cccc(N(C=O)C=O)c1.O=c1[nH]c2c(s1)C[C@H]1[C@@H]3CC[C@@H](C3)[C@H]1S2.c1ccccc1. The minimum atomic E-state index is -0.520. The Balaban J connectivity index is 0.000000138. The molecule has 2 amide bonds. The van der Waals surface area contributed by atoms with Crippen molar-refractivity contribution in [2.75, 3.05) is 12.0 Å². The lowest BCUT2D eigenvalue weighted by atomic mass is 9.85. The average molecular weight is 525 g/mol. The van der Waals surface area contributed by atoms with Crippen LogP contribution in [0, 0.1) is 17.8 Å². The molecule has 1 N–H and O–H groups in total. The third-order valence-electron chi connectivity index (χ3n) is 6.82. The van der Waals surface area contributed by atoms with Crippen LogP contribution in [0.3, 0.4) is 0 Å². The van der Waals surface area contributed by atoms with Gasteiger partial charge in [0.2, 0.25) is 12.8 Å². The number of H-pyrrole nitrogens is 1. The minimum absolute atomic E-state index is 0.139. The Morgan fingerprint density at radius 3 is 2.33 bits per heavy atom. The molecule has 36 heavy (non-hydrogen) atoms. The molecule has 0 spiro atoms. The number of aromatic amines is 1. The second-order valence-corrected chi connectivity index (χ2v) is 11.1. The number of fused-ring (bicyclic) bond motifs is 6. The van der Waals surface area contributed by atoms with Gasteiger partial charge >= 0.3 is 10.8 Å². The fraction of sp³-hybridized carbons (Fsp3) is 0.333. The van der Waals surface area contributed by atoms with E-state index in [1.807, 2.05) is 48.2 Å². The van der Waals surface area contributed by atoms with Crippen molar-refractivity contribution in [3.63, 3.8) is 0 Å². The molecule has 2 bridgehead atoms. The van der Waals surface area contributed by atoms with Crippen LogP contribution in [0.2, 0.25) is 0 Å². The van der Waals surface area contributed by atoms with Gasteiger partial charge < -0.3 is 9.72 Å². The summed E-state index contributed by atoms with van der Waals surface area (Å²) in [4.78, 5) is 48.7. The number of methoxy groups -OCH3 is 1. The van der Waals surface area contributed by atoms with E-state index in [1.165, 1.54) is 72.2 Å². The van der Waals surface area contributed by atoms with Crippen molar-refractivity contribution in [2.45, 2.75) is 36.0 Å². The Labute approximate surface area is 217 Å². The Morgan fingerprint density at radius 1 is 1.03 bits per heavy atom. The highest BCUT2D eigenvalue weighted by Crippen LogP contribution is 2.58. The fourth-order valence-corrected chi connectivity index (χ4v) is 7.89. The van der Waals surface area contributed by atoms with Gasteiger partial charge in [-0.05, 0) is 61.6 Å². The van der Waals surface area contributed by atoms with Crippen LogP contribution in [0.4, 0.5) is 5.69 Å². The van der Waals surface area contributed by atoms with Crippen molar-refractivity contribution >= 4 is 47.6 Å². The number of esters is 1. The molecule has 9 heteroatoms. The van der Waals surface area contributed by atoms with Crippen LogP contribution < -0.4 is 9.77 Å². The average Bonchev–Trinajstić information content (AvgIpc) is 3.64. The summed E-state index contributed by atoms with van der Waals surface area (Å²) in [5.41, 5.74) is 0.603. The van der Waals surface area contributed by atoms with E-state index in [2.05, 4.69) is 9.72 Å². The number of hydrogen-bond acceptors (Lipinski definition) is 7. The summed E-state index contributed by atoms with van der Waals surface area (Å²) >= 11 is 3.40. The van der Waals surface area contributed by atoms with E-state index in [0.717, 1.165) is 27.9 Å². The van der Waals surface area contributed by atoms with Gasteiger partial charge in [-0.15, -0.1) is 11.8 Å². The zero-order chi connectivity index (χ0) is 25.5. The number of ether oxygens (including phenoxy) is 1. The lowest BCUT2D eigenvalue weighted by Crippen LogP contribution is -2.29. The first-order valence-electron chi connectivity index (χ1n) is 11.8. The van der Waals surface area contributed by atoms with Crippen molar-refractivity contribution in [1.29, 1.82) is 0 Å². The van der Waals surface area contributed by atoms with E-state index in [-0.39, 0.29) is 10.4 Å². The molecule has 2 fully saturated rings. The Kier molecular flexibility index (Phi) is 8.77. The van der Waals surface area contributed by atoms with E-state index in [0.29, 0.717) is 18.5 Å². The number of benzene rings is 2. The molecule has 0 radical (unpaired) electrons. The van der Waals surface area contributed by atoms with Crippen molar-refractivity contribution in [3.8, 4) is 0 Å². The summed E-state index contributed by atoms with van der Waals surface area (Å²) in [6.07, 6.45) is 6.25. The maximum atomic E-state index is 11.3. The normalized spacial score (nSPS) is 22.5. The smallest absolute Gasteiger partial charge is 0.337 e. The van der Waals surface area contributed by atoms with E-state index in [1.54, 1.807) is 6.07 Å². The molecule has 4 atom stereocenters. The van der Waals surface area contributed by atoms with Crippen LogP contribution in [0.1, 0.15) is 34.5 Å². The van der Waals surface area contributed by atoms with Gasteiger partial charge in [-0.1, -0.05) is 53.8 Å². The Morgan fingerprint density at radius 2 is 1.69 bits per heavy atom. The van der Waals surface area contributed by atoms with E-state index in [4.69, 9.17) is 0 Å². The molecule has 1 aromatic heterocycles. The first kappa shape index (κ1) is 25.9. The van der Waals surface area contributed by atoms with Gasteiger partial charge in [0.1, 0.15) is 0 Å². The first-order valence-corrected chi connectivity index (χ1v) is 13.5. The predicted molar refractivity (Wildman–Crippen MR) is 141 cm³/mol. The number of thioether (sulfide) groups is 1. The lowest BCUT2D eigenvalue weighted by molar-refractivity contribution is -0.114. The summed E-state index contributed by atoms with van der Waals surface area (Å²) in [6.45, 7) is 0. The van der Waals surface area contributed by atoms with Gasteiger partial charge in [0.25, 0.3) is 0 Å². The number of carbonyl (C=O) groups is 3. The van der Waals surface area contributed by atoms with E-state index in [9.17, 15) is 19.2 Å². The van der Waals surface area contributed by atoms with Crippen molar-refractivity contribution in [3.05, 3.63) is 80.8 Å². The number of thiazole rings is 1. The fourth-order valence-electron chi connectivity index (χ4n) is 5.19. The second kappa shape index (κ2) is 12.2. The molecule has 2 heterocycles. The topological polar surface area (TPSA) is 96.5 Å². The summed E-state index contributed by atoms with van der Waals surface area (Å²) in [6, 6.07) is 18.0. The second-order valence-electron chi connectivity index (χ2n) is 8.87. The number of amides is 2. The van der Waals surface area contributed by atoms with Crippen LogP contribution >= 0.6 is 23.1 Å². The molecule has 0 unspecified atom stereocenters. The summed E-state index contributed by atoms with van der Waals surface area (Å²) < 4.78 is 4.50. The predicted octanol–water partition coefficient (Wildman–Crippen LogP) is 4.78. The highest BCUT2D eigenvalue weighted by molar-refractivity contribution is 8.00. The maximum absolute atomic E-state index is 11.3. The zero-order valence-corrected chi connectivity index (χ0v) is 21.5. The molecule has 7 nitrogen and oxygen atoms in total. The number of imide groups is 1. The monoisotopic (exact) mass is 524 g/mol. The van der Waals surface area contributed by atoms with Gasteiger partial charge in [-0.3, -0.25) is 19.3 Å². The van der Waals surface area contributed by atoms with Gasteiger partial charge in [-0.2, -0.15) is 0 Å². The molecule has 2 aromatic carbocycles. The number of rotatable bonds is 4. The van der Waals surface area contributed by atoms with Gasteiger partial charge in [0.05, 0.1) is 23.4 Å². The van der Waals surface area contributed by atoms with E-state index < -0.39 is 5.97 Å². The highest BCUT2D eigenvalue weighted by Gasteiger charge is 2.50. The Hall–Kier alpha value is -3.17. The number of anilines is 1. The summed E-state index contributed by atoms with van der Waals surface area (Å²) in [5, 5.41) is 2.01. The molecule has 6 rings (SSSR count). The molecule has 3 aromatic rings. The highest BCUT2D eigenvalue weighted by atomic mass is 32.2. The standard InChI is InChI=1S/C11H13NOS2.C10H9NO4.C6H6/c13-11-12-10-8(14-11)4-7-5-1-2-6(3-5)9(7)15-10;1-15-10(14)8-3-2-4-9(5-8)11(6-12)7-13;1-2-4-6-5-3-1/h5-7,9H,1-4H2,(H,12,13);2-7H,1H3;1-6H/t5-,6+,7+,9-;;/m1../s1. The van der Waals surface area contributed by atoms with Crippen LogP contribution in [-0.2, 0) is 20.7 Å². The van der Waals surface area contributed by atoms with Gasteiger partial charge in [-0.25, -0.2) is 4.79 Å².